The predicted octanol–water partition coefficient (Wildman–Crippen LogP) is 3.70. The minimum atomic E-state index is -3.80. The fraction of sp³-hybridized carbons (Fsp3) is 0.211. The standard InChI is InChI=1S/C19H19Cl2N3O3S/c1-24(2)28(26,27)18-9-14(15(20)10-16(18)21)19(25)22-8-7-12-11-23-17-6-4-3-5-13(12)17/h3-6,9-11,23H,7-8H2,1-2H3,(H,22,25). The number of amides is 1. The number of aromatic nitrogens is 1. The molecule has 0 saturated heterocycles. The summed E-state index contributed by atoms with van der Waals surface area (Å²) in [4.78, 5) is 15.6. The third-order valence-electron chi connectivity index (χ3n) is 4.38. The molecule has 0 atom stereocenters. The molecule has 1 aromatic heterocycles. The summed E-state index contributed by atoms with van der Waals surface area (Å²) in [5.41, 5.74) is 2.17. The number of halogens is 2. The van der Waals surface area contributed by atoms with Gasteiger partial charge in [-0.2, -0.15) is 0 Å². The number of fused-ring (bicyclic) bond motifs is 1. The number of carbonyl (C=O) groups excluding carboxylic acids is 1. The Hall–Kier alpha value is -2.06. The highest BCUT2D eigenvalue weighted by atomic mass is 35.5. The van der Waals surface area contributed by atoms with Crippen molar-refractivity contribution < 1.29 is 13.2 Å². The Labute approximate surface area is 173 Å². The van der Waals surface area contributed by atoms with E-state index in [1.54, 1.807) is 0 Å². The molecule has 0 saturated carbocycles. The molecule has 0 radical (unpaired) electrons. The van der Waals surface area contributed by atoms with Crippen molar-refractivity contribution in [3.63, 3.8) is 0 Å². The van der Waals surface area contributed by atoms with Gasteiger partial charge in [-0.05, 0) is 30.2 Å². The maximum Gasteiger partial charge on any atom is 0.252 e. The number of carbonyl (C=O) groups is 1. The van der Waals surface area contributed by atoms with Gasteiger partial charge < -0.3 is 10.3 Å². The first-order valence-electron chi connectivity index (χ1n) is 8.46. The van der Waals surface area contributed by atoms with Crippen LogP contribution in [0.1, 0.15) is 15.9 Å². The Morgan fingerprint density at radius 2 is 1.86 bits per heavy atom. The van der Waals surface area contributed by atoms with E-state index in [9.17, 15) is 13.2 Å². The molecule has 1 heterocycles. The second kappa shape index (κ2) is 8.13. The van der Waals surface area contributed by atoms with E-state index in [2.05, 4.69) is 10.3 Å². The molecule has 0 fully saturated rings. The lowest BCUT2D eigenvalue weighted by molar-refractivity contribution is 0.0954. The number of H-pyrrole nitrogens is 1. The SMILES string of the molecule is CN(C)S(=O)(=O)c1cc(C(=O)NCCc2c[nH]c3ccccc23)c(Cl)cc1Cl. The summed E-state index contributed by atoms with van der Waals surface area (Å²) < 4.78 is 25.8. The molecule has 6 nitrogen and oxygen atoms in total. The van der Waals surface area contributed by atoms with Gasteiger partial charge >= 0.3 is 0 Å². The molecule has 0 aliphatic carbocycles. The van der Waals surface area contributed by atoms with Crippen molar-refractivity contribution in [1.82, 2.24) is 14.6 Å². The minimum Gasteiger partial charge on any atom is -0.361 e. The summed E-state index contributed by atoms with van der Waals surface area (Å²) in [5.74, 6) is -0.461. The number of sulfonamides is 1. The van der Waals surface area contributed by atoms with Gasteiger partial charge in [-0.3, -0.25) is 4.79 Å². The molecule has 3 rings (SSSR count). The van der Waals surface area contributed by atoms with E-state index in [0.717, 1.165) is 20.8 Å². The van der Waals surface area contributed by atoms with Gasteiger partial charge in [0, 0.05) is 37.7 Å². The number of hydrogen-bond acceptors (Lipinski definition) is 3. The molecule has 2 N–H and O–H groups in total. The zero-order chi connectivity index (χ0) is 20.5. The lowest BCUT2D eigenvalue weighted by Gasteiger charge is -2.15. The van der Waals surface area contributed by atoms with Crippen LogP contribution in [0.3, 0.4) is 0 Å². The van der Waals surface area contributed by atoms with Crippen molar-refractivity contribution >= 4 is 50.0 Å². The first kappa shape index (κ1) is 20.7. The van der Waals surface area contributed by atoms with Gasteiger partial charge in [0.2, 0.25) is 10.0 Å². The van der Waals surface area contributed by atoms with E-state index >= 15 is 0 Å². The number of nitrogens with zero attached hydrogens (tertiary/aromatic N) is 1. The summed E-state index contributed by atoms with van der Waals surface area (Å²) in [5, 5.41) is 3.94. The summed E-state index contributed by atoms with van der Waals surface area (Å²) in [6.07, 6.45) is 2.53. The normalized spacial score (nSPS) is 11.9. The van der Waals surface area contributed by atoms with Crippen molar-refractivity contribution in [2.45, 2.75) is 11.3 Å². The van der Waals surface area contributed by atoms with Crippen LogP contribution in [0.5, 0.6) is 0 Å². The Bertz CT molecular complexity index is 1140. The topological polar surface area (TPSA) is 82.3 Å². The maximum absolute atomic E-state index is 12.6. The molecule has 9 heteroatoms. The van der Waals surface area contributed by atoms with Crippen LogP contribution >= 0.6 is 23.2 Å². The van der Waals surface area contributed by atoms with E-state index in [-0.39, 0.29) is 20.5 Å². The molecule has 148 valence electrons. The van der Waals surface area contributed by atoms with Crippen LogP contribution in [0.25, 0.3) is 10.9 Å². The molecular weight excluding hydrogens is 421 g/mol. The highest BCUT2D eigenvalue weighted by molar-refractivity contribution is 7.89. The molecule has 0 spiro atoms. The maximum atomic E-state index is 12.6. The summed E-state index contributed by atoms with van der Waals surface area (Å²) in [6, 6.07) is 10.4. The zero-order valence-electron chi connectivity index (χ0n) is 15.3. The molecule has 28 heavy (non-hydrogen) atoms. The second-order valence-corrected chi connectivity index (χ2v) is 9.35. The number of rotatable bonds is 6. The highest BCUT2D eigenvalue weighted by Gasteiger charge is 2.24. The fourth-order valence-electron chi connectivity index (χ4n) is 2.84. The largest absolute Gasteiger partial charge is 0.361 e. The van der Waals surface area contributed by atoms with E-state index in [4.69, 9.17) is 23.2 Å². The predicted molar refractivity (Wildman–Crippen MR) is 112 cm³/mol. The van der Waals surface area contributed by atoms with Crippen LogP contribution in [0.2, 0.25) is 10.0 Å². The van der Waals surface area contributed by atoms with Gasteiger partial charge in [0.15, 0.2) is 0 Å². The van der Waals surface area contributed by atoms with Crippen molar-refractivity contribution in [2.24, 2.45) is 0 Å². The third-order valence-corrected chi connectivity index (χ3v) is 6.97. The average Bonchev–Trinajstić information content (AvgIpc) is 3.04. The van der Waals surface area contributed by atoms with Crippen molar-refractivity contribution in [2.75, 3.05) is 20.6 Å². The summed E-state index contributed by atoms with van der Waals surface area (Å²) in [7, 11) is -1.02. The zero-order valence-corrected chi connectivity index (χ0v) is 17.6. The van der Waals surface area contributed by atoms with Gasteiger partial charge in [-0.15, -0.1) is 0 Å². The first-order chi connectivity index (χ1) is 13.2. The Kier molecular flexibility index (Phi) is 6.00. The van der Waals surface area contributed by atoms with E-state index in [1.165, 1.54) is 26.2 Å². The summed E-state index contributed by atoms with van der Waals surface area (Å²) in [6.45, 7) is 0.370. The molecule has 0 unspecified atom stereocenters. The van der Waals surface area contributed by atoms with Gasteiger partial charge in [-0.1, -0.05) is 41.4 Å². The minimum absolute atomic E-state index is 0.0333. The number of para-hydroxylation sites is 1. The third kappa shape index (κ3) is 4.03. The molecule has 0 bridgehead atoms. The number of nitrogens with one attached hydrogen (secondary N) is 2. The summed E-state index contributed by atoms with van der Waals surface area (Å²) >= 11 is 12.2. The van der Waals surface area contributed by atoms with Crippen LogP contribution in [-0.2, 0) is 16.4 Å². The van der Waals surface area contributed by atoms with Gasteiger partial charge in [0.25, 0.3) is 5.91 Å². The Morgan fingerprint density at radius 1 is 1.14 bits per heavy atom. The van der Waals surface area contributed by atoms with Crippen LogP contribution in [-0.4, -0.2) is 44.3 Å². The van der Waals surface area contributed by atoms with Crippen LogP contribution in [0, 0.1) is 0 Å². The Morgan fingerprint density at radius 3 is 2.57 bits per heavy atom. The van der Waals surface area contributed by atoms with Crippen molar-refractivity contribution in [1.29, 1.82) is 0 Å². The highest BCUT2D eigenvalue weighted by Crippen LogP contribution is 2.30. The van der Waals surface area contributed by atoms with E-state index < -0.39 is 15.9 Å². The molecule has 3 aromatic rings. The quantitative estimate of drug-likeness (QED) is 0.613. The van der Waals surface area contributed by atoms with E-state index in [1.807, 2.05) is 30.5 Å². The lowest BCUT2D eigenvalue weighted by atomic mass is 10.1. The molecular formula is C19H19Cl2N3O3S. The van der Waals surface area contributed by atoms with Crippen LogP contribution in [0.15, 0.2) is 47.5 Å². The van der Waals surface area contributed by atoms with Gasteiger partial charge in [-0.25, -0.2) is 12.7 Å². The van der Waals surface area contributed by atoms with Crippen molar-refractivity contribution in [3.8, 4) is 0 Å². The van der Waals surface area contributed by atoms with Gasteiger partial charge in [0.1, 0.15) is 4.90 Å². The molecule has 0 aliphatic rings. The fourth-order valence-corrected chi connectivity index (χ4v) is 4.57. The van der Waals surface area contributed by atoms with Crippen molar-refractivity contribution in [3.05, 3.63) is 63.8 Å². The lowest BCUT2D eigenvalue weighted by Crippen LogP contribution is -2.27. The molecule has 0 aliphatic heterocycles. The van der Waals surface area contributed by atoms with Gasteiger partial charge in [0.05, 0.1) is 15.6 Å². The van der Waals surface area contributed by atoms with E-state index in [0.29, 0.717) is 13.0 Å². The number of benzene rings is 2. The monoisotopic (exact) mass is 439 g/mol. The smallest absolute Gasteiger partial charge is 0.252 e. The number of aromatic amines is 1. The van der Waals surface area contributed by atoms with Crippen LogP contribution < -0.4 is 5.32 Å². The first-order valence-corrected chi connectivity index (χ1v) is 10.7. The molecule has 2 aromatic carbocycles. The number of hydrogen-bond donors (Lipinski definition) is 2. The molecule has 1 amide bonds. The average molecular weight is 440 g/mol. The Balaban J connectivity index is 1.77. The van der Waals surface area contributed by atoms with Crippen LogP contribution in [0.4, 0.5) is 0 Å². The second-order valence-electron chi connectivity index (χ2n) is 6.42.